The fourth-order valence-corrected chi connectivity index (χ4v) is 4.43. The maximum Gasteiger partial charge on any atom is 0.212 e. The Balaban J connectivity index is 1.50. The normalized spacial score (nSPS) is 18.4. The van der Waals surface area contributed by atoms with Gasteiger partial charge in [-0.05, 0) is 30.7 Å². The van der Waals surface area contributed by atoms with Crippen molar-refractivity contribution in [3.63, 3.8) is 0 Å². The lowest BCUT2D eigenvalue weighted by molar-refractivity contribution is 0.141. The first-order chi connectivity index (χ1) is 14.2. The van der Waals surface area contributed by atoms with Crippen LogP contribution in [0, 0.1) is 6.92 Å². The van der Waals surface area contributed by atoms with Crippen molar-refractivity contribution in [3.8, 4) is 17.1 Å². The molecule has 2 aromatic carbocycles. The van der Waals surface area contributed by atoms with Gasteiger partial charge in [-0.1, -0.05) is 47.6 Å². The summed E-state index contributed by atoms with van der Waals surface area (Å²) < 4.78 is 13.4. The van der Waals surface area contributed by atoms with Crippen LogP contribution in [0.4, 0.5) is 0 Å². The van der Waals surface area contributed by atoms with E-state index in [1.54, 1.807) is 16.4 Å². The van der Waals surface area contributed by atoms with E-state index in [-0.39, 0.29) is 6.10 Å². The molecular weight excluding hydrogens is 408 g/mol. The summed E-state index contributed by atoms with van der Waals surface area (Å²) in [4.78, 5) is 0. The van der Waals surface area contributed by atoms with Crippen LogP contribution in [0.25, 0.3) is 11.4 Å². The van der Waals surface area contributed by atoms with Gasteiger partial charge in [0.2, 0.25) is 5.16 Å². The second kappa shape index (κ2) is 7.82. The molecule has 1 atom stereocenters. The van der Waals surface area contributed by atoms with Crippen molar-refractivity contribution in [1.29, 1.82) is 0 Å². The molecule has 29 heavy (non-hydrogen) atoms. The zero-order valence-corrected chi connectivity index (χ0v) is 17.4. The molecule has 0 amide bonds. The van der Waals surface area contributed by atoms with Gasteiger partial charge < -0.3 is 9.47 Å². The van der Waals surface area contributed by atoms with Gasteiger partial charge in [0.1, 0.15) is 11.9 Å². The average molecular weight is 427 g/mol. The molecule has 0 aliphatic carbocycles. The van der Waals surface area contributed by atoms with E-state index in [1.807, 2.05) is 24.3 Å². The number of hydrogen-bond acceptors (Lipinski definition) is 6. The first kappa shape index (κ1) is 18.7. The summed E-state index contributed by atoms with van der Waals surface area (Å²) in [5, 5.41) is 14.8. The van der Waals surface area contributed by atoms with Crippen molar-refractivity contribution < 1.29 is 9.47 Å². The van der Waals surface area contributed by atoms with Gasteiger partial charge in [-0.2, -0.15) is 9.78 Å². The Morgan fingerprint density at radius 2 is 2.10 bits per heavy atom. The van der Waals surface area contributed by atoms with E-state index >= 15 is 0 Å². The molecule has 5 rings (SSSR count). The van der Waals surface area contributed by atoms with Crippen LogP contribution < -0.4 is 4.74 Å². The van der Waals surface area contributed by atoms with Gasteiger partial charge in [-0.3, -0.25) is 0 Å². The van der Waals surface area contributed by atoms with Crippen molar-refractivity contribution in [2.75, 3.05) is 19.0 Å². The van der Waals surface area contributed by atoms with Crippen LogP contribution in [0.5, 0.6) is 5.75 Å². The molecule has 148 valence electrons. The number of halogens is 1. The van der Waals surface area contributed by atoms with E-state index in [0.29, 0.717) is 17.5 Å². The Bertz CT molecular complexity index is 1090. The molecule has 2 aliphatic heterocycles. The third kappa shape index (κ3) is 3.66. The molecule has 0 N–H and O–H groups in total. The highest BCUT2D eigenvalue weighted by Gasteiger charge is 2.23. The van der Waals surface area contributed by atoms with E-state index in [4.69, 9.17) is 26.2 Å². The summed E-state index contributed by atoms with van der Waals surface area (Å²) >= 11 is 7.98. The maximum atomic E-state index is 6.37. The third-order valence-electron chi connectivity index (χ3n) is 4.99. The molecule has 8 heteroatoms. The SMILES string of the molecule is Cc1ccc(C2=Nn3c(nnc3-c3ccccc3Cl)SC2)cc1O[C@@H]1CCOC1. The summed E-state index contributed by atoms with van der Waals surface area (Å²) in [5.74, 6) is 2.24. The second-order valence-electron chi connectivity index (χ2n) is 7.02. The lowest BCUT2D eigenvalue weighted by atomic mass is 10.1. The van der Waals surface area contributed by atoms with Crippen molar-refractivity contribution in [2.45, 2.75) is 24.6 Å². The van der Waals surface area contributed by atoms with Crippen molar-refractivity contribution in [3.05, 3.63) is 58.6 Å². The monoisotopic (exact) mass is 426 g/mol. The van der Waals surface area contributed by atoms with Gasteiger partial charge in [0.25, 0.3) is 0 Å². The smallest absolute Gasteiger partial charge is 0.212 e. The second-order valence-corrected chi connectivity index (χ2v) is 8.37. The summed E-state index contributed by atoms with van der Waals surface area (Å²) in [6.45, 7) is 3.46. The lowest BCUT2D eigenvalue weighted by Crippen LogP contribution is -2.17. The molecule has 2 aliphatic rings. The van der Waals surface area contributed by atoms with Crippen LogP contribution in [-0.4, -0.2) is 45.7 Å². The van der Waals surface area contributed by atoms with Gasteiger partial charge in [0.05, 0.1) is 23.9 Å². The number of hydrogen-bond donors (Lipinski definition) is 0. The average Bonchev–Trinajstić information content (AvgIpc) is 3.39. The molecule has 0 saturated carbocycles. The highest BCUT2D eigenvalue weighted by molar-refractivity contribution is 7.99. The molecular formula is C21H19ClN4O2S. The van der Waals surface area contributed by atoms with E-state index in [1.165, 1.54) is 0 Å². The van der Waals surface area contributed by atoms with E-state index in [0.717, 1.165) is 52.1 Å². The van der Waals surface area contributed by atoms with Gasteiger partial charge in [0.15, 0.2) is 5.82 Å². The Morgan fingerprint density at radius 1 is 1.21 bits per heavy atom. The summed E-state index contributed by atoms with van der Waals surface area (Å²) in [7, 11) is 0. The summed E-state index contributed by atoms with van der Waals surface area (Å²) in [6.07, 6.45) is 1.04. The van der Waals surface area contributed by atoms with Crippen molar-refractivity contribution in [1.82, 2.24) is 14.9 Å². The fraction of sp³-hybridized carbons (Fsp3) is 0.286. The molecule has 1 saturated heterocycles. The molecule has 1 fully saturated rings. The van der Waals surface area contributed by atoms with Crippen LogP contribution in [0.1, 0.15) is 17.5 Å². The number of nitrogens with zero attached hydrogens (tertiary/aromatic N) is 4. The predicted molar refractivity (Wildman–Crippen MR) is 114 cm³/mol. The highest BCUT2D eigenvalue weighted by atomic mass is 35.5. The molecule has 0 unspecified atom stereocenters. The Morgan fingerprint density at radius 3 is 2.93 bits per heavy atom. The largest absolute Gasteiger partial charge is 0.488 e. The predicted octanol–water partition coefficient (Wildman–Crippen LogP) is 4.43. The van der Waals surface area contributed by atoms with Crippen molar-refractivity contribution in [2.24, 2.45) is 5.10 Å². The minimum atomic E-state index is 0.114. The summed E-state index contributed by atoms with van der Waals surface area (Å²) in [6, 6.07) is 13.8. The Labute approximate surface area is 177 Å². The minimum Gasteiger partial charge on any atom is -0.488 e. The molecule has 6 nitrogen and oxygen atoms in total. The number of thioether (sulfide) groups is 1. The maximum absolute atomic E-state index is 6.37. The van der Waals surface area contributed by atoms with Gasteiger partial charge >= 0.3 is 0 Å². The fourth-order valence-electron chi connectivity index (χ4n) is 3.37. The molecule has 1 aromatic heterocycles. The first-order valence-electron chi connectivity index (χ1n) is 9.45. The number of aryl methyl sites for hydroxylation is 1. The minimum absolute atomic E-state index is 0.114. The number of aromatic nitrogens is 3. The number of ether oxygens (including phenoxy) is 2. The van der Waals surface area contributed by atoms with Gasteiger partial charge in [0, 0.05) is 23.3 Å². The zero-order valence-electron chi connectivity index (χ0n) is 15.8. The van der Waals surface area contributed by atoms with Gasteiger partial charge in [-0.15, -0.1) is 10.2 Å². The number of fused-ring (bicyclic) bond motifs is 1. The van der Waals surface area contributed by atoms with E-state index < -0.39 is 0 Å². The van der Waals surface area contributed by atoms with Crippen LogP contribution in [0.3, 0.4) is 0 Å². The Hall–Kier alpha value is -2.35. The highest BCUT2D eigenvalue weighted by Crippen LogP contribution is 2.32. The quantitative estimate of drug-likeness (QED) is 0.617. The van der Waals surface area contributed by atoms with Crippen LogP contribution in [-0.2, 0) is 4.74 Å². The zero-order chi connectivity index (χ0) is 19.8. The van der Waals surface area contributed by atoms with Crippen LogP contribution in [0.15, 0.2) is 52.7 Å². The molecule has 3 aromatic rings. The van der Waals surface area contributed by atoms with Crippen molar-refractivity contribution >= 4 is 29.1 Å². The topological polar surface area (TPSA) is 61.5 Å². The van der Waals surface area contributed by atoms with E-state index in [9.17, 15) is 0 Å². The summed E-state index contributed by atoms with van der Waals surface area (Å²) in [5.41, 5.74) is 3.89. The standard InChI is InChI=1S/C21H19ClN4O2S/c1-13-6-7-14(10-19(13)28-15-8-9-27-11-15)18-12-29-21-24-23-20(26(21)25-18)16-4-2-3-5-17(16)22/h2-7,10,15H,8-9,11-12H2,1H3/t15-/m1/s1. The number of benzene rings is 2. The van der Waals surface area contributed by atoms with Crippen LogP contribution in [0.2, 0.25) is 5.02 Å². The van der Waals surface area contributed by atoms with Gasteiger partial charge in [-0.25, -0.2) is 0 Å². The molecule has 0 spiro atoms. The lowest BCUT2D eigenvalue weighted by Gasteiger charge is -2.17. The molecule has 0 radical (unpaired) electrons. The Kier molecular flexibility index (Phi) is 5.03. The molecule has 3 heterocycles. The van der Waals surface area contributed by atoms with E-state index in [2.05, 4.69) is 35.3 Å². The first-order valence-corrected chi connectivity index (χ1v) is 10.8. The van der Waals surface area contributed by atoms with Crippen LogP contribution >= 0.6 is 23.4 Å². The number of rotatable bonds is 4. The third-order valence-corrected chi connectivity index (χ3v) is 6.25. The molecule has 0 bridgehead atoms.